The third-order valence-electron chi connectivity index (χ3n) is 5.47. The van der Waals surface area contributed by atoms with Crippen LogP contribution in [0.1, 0.15) is 73.9 Å². The smallest absolute Gasteiger partial charge is 0.163 e. The van der Waals surface area contributed by atoms with Crippen molar-refractivity contribution in [1.29, 1.82) is 0 Å². The third-order valence-corrected chi connectivity index (χ3v) is 5.47. The van der Waals surface area contributed by atoms with Crippen molar-refractivity contribution in [3.05, 3.63) is 47.0 Å². The monoisotopic (exact) mass is 268 g/mol. The van der Waals surface area contributed by atoms with Gasteiger partial charge in [-0.15, -0.1) is 0 Å². The molecule has 20 heavy (non-hydrogen) atoms. The quantitative estimate of drug-likeness (QED) is 0.654. The Morgan fingerprint density at radius 1 is 1.35 bits per heavy atom. The number of hydrogen-bond donors (Lipinski definition) is 0. The van der Waals surface area contributed by atoms with Crippen molar-refractivity contribution < 1.29 is 4.79 Å². The fourth-order valence-corrected chi connectivity index (χ4v) is 4.12. The van der Waals surface area contributed by atoms with Gasteiger partial charge < -0.3 is 0 Å². The van der Waals surface area contributed by atoms with Crippen LogP contribution in [0.4, 0.5) is 0 Å². The Labute approximate surface area is 122 Å². The number of benzene rings is 1. The molecular weight excluding hydrogens is 244 g/mol. The zero-order chi connectivity index (χ0) is 14.5. The Kier molecular flexibility index (Phi) is 3.12. The van der Waals surface area contributed by atoms with E-state index in [1.54, 1.807) is 0 Å². The fraction of sp³-hybridized carbons (Fsp3) is 0.526. The fourth-order valence-electron chi connectivity index (χ4n) is 4.12. The normalized spacial score (nSPS) is 29.3. The topological polar surface area (TPSA) is 17.1 Å². The molecule has 0 spiro atoms. The maximum Gasteiger partial charge on any atom is 0.163 e. The van der Waals surface area contributed by atoms with Gasteiger partial charge in [0.15, 0.2) is 5.78 Å². The molecule has 0 aromatic heterocycles. The summed E-state index contributed by atoms with van der Waals surface area (Å²) in [6.45, 7) is 10.9. The highest BCUT2D eigenvalue weighted by Gasteiger charge is 2.46. The average molecular weight is 268 g/mol. The zero-order valence-corrected chi connectivity index (χ0v) is 12.8. The molecule has 1 fully saturated rings. The van der Waals surface area contributed by atoms with E-state index in [0.29, 0.717) is 24.0 Å². The van der Waals surface area contributed by atoms with Crippen molar-refractivity contribution >= 4 is 5.78 Å². The predicted octanol–water partition coefficient (Wildman–Crippen LogP) is 5.01. The summed E-state index contributed by atoms with van der Waals surface area (Å²) in [6, 6.07) is 6.57. The molecule has 1 aromatic rings. The minimum Gasteiger partial charge on any atom is -0.294 e. The summed E-state index contributed by atoms with van der Waals surface area (Å²) in [5, 5.41) is 0. The van der Waals surface area contributed by atoms with Crippen molar-refractivity contribution in [3.63, 3.8) is 0 Å². The molecule has 0 amide bonds. The molecule has 2 aliphatic rings. The maximum atomic E-state index is 12.6. The van der Waals surface area contributed by atoms with Crippen LogP contribution < -0.4 is 0 Å². The molecule has 106 valence electrons. The lowest BCUT2D eigenvalue weighted by Crippen LogP contribution is -2.42. The molecule has 0 bridgehead atoms. The summed E-state index contributed by atoms with van der Waals surface area (Å²) in [5.41, 5.74) is 4.92. The van der Waals surface area contributed by atoms with Gasteiger partial charge in [-0.1, -0.05) is 45.1 Å². The molecule has 2 unspecified atom stereocenters. The molecule has 0 saturated heterocycles. The number of carbonyl (C=O) groups is 1. The third kappa shape index (κ3) is 1.87. The van der Waals surface area contributed by atoms with Crippen molar-refractivity contribution in [2.24, 2.45) is 5.92 Å². The van der Waals surface area contributed by atoms with Crippen LogP contribution in [0.25, 0.3) is 0 Å². The van der Waals surface area contributed by atoms with E-state index in [-0.39, 0.29) is 5.41 Å². The van der Waals surface area contributed by atoms with Gasteiger partial charge >= 0.3 is 0 Å². The SMILES string of the molecule is C=C1CCCC2(C)c3ccc(C(C)C)cc3C(=O)CC12. The van der Waals surface area contributed by atoms with E-state index in [9.17, 15) is 4.79 Å². The van der Waals surface area contributed by atoms with Gasteiger partial charge in [-0.05, 0) is 48.3 Å². The van der Waals surface area contributed by atoms with E-state index < -0.39 is 0 Å². The first-order chi connectivity index (χ1) is 9.43. The van der Waals surface area contributed by atoms with Crippen molar-refractivity contribution in [2.75, 3.05) is 0 Å². The summed E-state index contributed by atoms with van der Waals surface area (Å²) in [7, 11) is 0. The van der Waals surface area contributed by atoms with Crippen molar-refractivity contribution in [2.45, 2.75) is 57.8 Å². The second-order valence-corrected chi connectivity index (χ2v) is 7.07. The van der Waals surface area contributed by atoms with E-state index in [4.69, 9.17) is 0 Å². The Balaban J connectivity index is 2.15. The minimum atomic E-state index is 0.119. The second-order valence-electron chi connectivity index (χ2n) is 7.07. The van der Waals surface area contributed by atoms with Gasteiger partial charge in [0.25, 0.3) is 0 Å². The molecule has 0 heterocycles. The van der Waals surface area contributed by atoms with Crippen LogP contribution in [-0.2, 0) is 5.41 Å². The standard InChI is InChI=1S/C19H24O/c1-12(2)14-7-8-16-15(10-14)18(20)11-17-13(3)6-5-9-19(16,17)4/h7-8,10,12,17H,3,5-6,9,11H2,1-2,4H3. The van der Waals surface area contributed by atoms with Crippen LogP contribution in [0.5, 0.6) is 0 Å². The summed E-state index contributed by atoms with van der Waals surface area (Å²) < 4.78 is 0. The number of ketones is 1. The molecule has 1 heteroatoms. The van der Waals surface area contributed by atoms with Crippen LogP contribution >= 0.6 is 0 Å². The number of Topliss-reactive ketones (excluding diaryl/α,β-unsaturated/α-hetero) is 1. The number of rotatable bonds is 1. The first-order valence-corrected chi connectivity index (χ1v) is 7.79. The molecular formula is C19H24O. The highest BCUT2D eigenvalue weighted by Crippen LogP contribution is 2.51. The molecule has 3 rings (SSSR count). The van der Waals surface area contributed by atoms with E-state index in [1.807, 2.05) is 0 Å². The first-order valence-electron chi connectivity index (χ1n) is 7.79. The Hall–Kier alpha value is -1.37. The Morgan fingerprint density at radius 2 is 2.10 bits per heavy atom. The van der Waals surface area contributed by atoms with Gasteiger partial charge in [-0.25, -0.2) is 0 Å². The van der Waals surface area contributed by atoms with Crippen LogP contribution in [0.2, 0.25) is 0 Å². The van der Waals surface area contributed by atoms with Crippen LogP contribution in [0, 0.1) is 5.92 Å². The lowest BCUT2D eigenvalue weighted by Gasteiger charge is -2.47. The molecule has 0 N–H and O–H groups in total. The summed E-state index contributed by atoms with van der Waals surface area (Å²) in [5.74, 6) is 1.13. The zero-order valence-electron chi connectivity index (χ0n) is 12.8. The van der Waals surface area contributed by atoms with Crippen molar-refractivity contribution in [3.8, 4) is 0 Å². The van der Waals surface area contributed by atoms with E-state index in [0.717, 1.165) is 12.0 Å². The number of fused-ring (bicyclic) bond motifs is 3. The highest BCUT2D eigenvalue weighted by molar-refractivity contribution is 6.00. The highest BCUT2D eigenvalue weighted by atomic mass is 16.1. The molecule has 1 nitrogen and oxygen atoms in total. The van der Waals surface area contributed by atoms with Crippen LogP contribution in [0.15, 0.2) is 30.4 Å². The number of hydrogen-bond acceptors (Lipinski definition) is 1. The lowest BCUT2D eigenvalue weighted by atomic mass is 9.56. The summed E-state index contributed by atoms with van der Waals surface area (Å²) >= 11 is 0. The maximum absolute atomic E-state index is 12.6. The average Bonchev–Trinajstić information content (AvgIpc) is 2.41. The first kappa shape index (κ1) is 13.6. The number of allylic oxidation sites excluding steroid dienone is 1. The van der Waals surface area contributed by atoms with Gasteiger partial charge in [-0.2, -0.15) is 0 Å². The second kappa shape index (κ2) is 4.58. The van der Waals surface area contributed by atoms with Crippen LogP contribution in [-0.4, -0.2) is 5.78 Å². The van der Waals surface area contributed by atoms with Crippen molar-refractivity contribution in [1.82, 2.24) is 0 Å². The number of carbonyl (C=O) groups excluding carboxylic acids is 1. The molecule has 2 aliphatic carbocycles. The molecule has 0 radical (unpaired) electrons. The van der Waals surface area contributed by atoms with Gasteiger partial charge in [0.2, 0.25) is 0 Å². The van der Waals surface area contributed by atoms with Gasteiger partial charge in [0, 0.05) is 17.4 Å². The summed E-state index contributed by atoms with van der Waals surface area (Å²) in [6.07, 6.45) is 4.13. The van der Waals surface area contributed by atoms with E-state index in [1.165, 1.54) is 29.5 Å². The van der Waals surface area contributed by atoms with E-state index >= 15 is 0 Å². The van der Waals surface area contributed by atoms with Gasteiger partial charge in [-0.3, -0.25) is 4.79 Å². The molecule has 1 saturated carbocycles. The molecule has 0 aliphatic heterocycles. The van der Waals surface area contributed by atoms with Crippen LogP contribution in [0.3, 0.4) is 0 Å². The Morgan fingerprint density at radius 3 is 2.80 bits per heavy atom. The largest absolute Gasteiger partial charge is 0.294 e. The van der Waals surface area contributed by atoms with Gasteiger partial charge in [0.1, 0.15) is 0 Å². The minimum absolute atomic E-state index is 0.119. The van der Waals surface area contributed by atoms with Gasteiger partial charge in [0.05, 0.1) is 0 Å². The molecule has 2 atom stereocenters. The van der Waals surface area contributed by atoms with E-state index in [2.05, 4.69) is 45.5 Å². The summed E-state index contributed by atoms with van der Waals surface area (Å²) in [4.78, 5) is 12.6. The molecule has 1 aromatic carbocycles. The lowest BCUT2D eigenvalue weighted by molar-refractivity contribution is 0.0904. The Bertz CT molecular complexity index is 581. The predicted molar refractivity (Wildman–Crippen MR) is 83.3 cm³/mol.